The highest BCUT2D eigenvalue weighted by molar-refractivity contribution is 5.86. The molecule has 1 aromatic carbocycles. The van der Waals surface area contributed by atoms with Gasteiger partial charge in [-0.3, -0.25) is 9.20 Å². The Hall–Kier alpha value is -3.15. The molecule has 4 heterocycles. The van der Waals surface area contributed by atoms with E-state index in [1.165, 1.54) is 5.56 Å². The van der Waals surface area contributed by atoms with Gasteiger partial charge in [-0.15, -0.1) is 0 Å². The summed E-state index contributed by atoms with van der Waals surface area (Å²) >= 11 is 0. The van der Waals surface area contributed by atoms with Gasteiger partial charge in [0.15, 0.2) is 5.65 Å². The van der Waals surface area contributed by atoms with Crippen LogP contribution in [0.1, 0.15) is 31.0 Å². The fraction of sp³-hybridized carbons (Fsp3) is 0.519. The molecule has 0 radical (unpaired) electrons. The van der Waals surface area contributed by atoms with Crippen LogP contribution in [0.25, 0.3) is 16.7 Å². The maximum Gasteiger partial charge on any atom is 0.219 e. The molecule has 0 unspecified atom stereocenters. The van der Waals surface area contributed by atoms with Crippen molar-refractivity contribution in [1.82, 2.24) is 24.1 Å². The van der Waals surface area contributed by atoms with Gasteiger partial charge in [0.05, 0.1) is 16.6 Å². The van der Waals surface area contributed by atoms with Crippen LogP contribution in [0.4, 0.5) is 5.82 Å². The highest BCUT2D eigenvalue weighted by Gasteiger charge is 2.27. The number of para-hydroxylation sites is 2. The maximum absolute atomic E-state index is 11.9. The summed E-state index contributed by atoms with van der Waals surface area (Å²) in [6.07, 6.45) is 0.884. The van der Waals surface area contributed by atoms with E-state index < -0.39 is 0 Å². The molecule has 1 amide bonds. The highest BCUT2D eigenvalue weighted by Crippen LogP contribution is 2.34. The lowest BCUT2D eigenvalue weighted by Gasteiger charge is -2.38. The molecule has 0 aliphatic carbocycles. The van der Waals surface area contributed by atoms with Crippen LogP contribution in [0.3, 0.4) is 0 Å². The van der Waals surface area contributed by atoms with Gasteiger partial charge >= 0.3 is 0 Å². The Balaban J connectivity index is 0.00000289. The van der Waals surface area contributed by atoms with Gasteiger partial charge in [0.2, 0.25) is 5.91 Å². The second kappa shape index (κ2) is 10.2. The van der Waals surface area contributed by atoms with Crippen molar-refractivity contribution < 1.29 is 4.79 Å². The molecule has 8 nitrogen and oxygen atoms in total. The number of piperazine rings is 2. The number of likely N-dealkylation sites (N-methyl/N-ethyl adjacent to an activating group) is 1. The molecule has 5 rings (SSSR count). The number of rotatable bonds is 4. The minimum atomic E-state index is 0. The molecule has 3 aromatic rings. The Bertz CT molecular complexity index is 1260. The molecule has 2 saturated heterocycles. The summed E-state index contributed by atoms with van der Waals surface area (Å²) in [7, 11) is 2.18. The van der Waals surface area contributed by atoms with Crippen LogP contribution in [0.5, 0.6) is 0 Å². The van der Waals surface area contributed by atoms with Gasteiger partial charge in [0.1, 0.15) is 11.9 Å². The monoisotopic (exact) mass is 475 g/mol. The summed E-state index contributed by atoms with van der Waals surface area (Å²) in [5.74, 6) is 1.27. The lowest BCUT2D eigenvalue weighted by atomic mass is 10.0. The van der Waals surface area contributed by atoms with E-state index in [4.69, 9.17) is 4.98 Å². The number of fused-ring (bicyclic) bond motifs is 3. The van der Waals surface area contributed by atoms with Crippen molar-refractivity contribution in [2.24, 2.45) is 0 Å². The quantitative estimate of drug-likeness (QED) is 0.578. The smallest absolute Gasteiger partial charge is 0.219 e. The summed E-state index contributed by atoms with van der Waals surface area (Å²) in [6.45, 7) is 12.0. The fourth-order valence-corrected chi connectivity index (χ4v) is 5.37. The second-order valence-electron chi connectivity index (χ2n) is 9.56. The van der Waals surface area contributed by atoms with E-state index >= 15 is 0 Å². The van der Waals surface area contributed by atoms with Crippen molar-refractivity contribution in [3.8, 4) is 6.07 Å². The largest absolute Gasteiger partial charge is 0.354 e. The average molecular weight is 476 g/mol. The lowest BCUT2D eigenvalue weighted by molar-refractivity contribution is -0.129. The number of carbonyl (C=O) groups is 1. The van der Waals surface area contributed by atoms with E-state index in [0.29, 0.717) is 18.7 Å². The summed E-state index contributed by atoms with van der Waals surface area (Å²) in [5.41, 5.74) is 5.58. The minimum absolute atomic E-state index is 0. The number of anilines is 1. The van der Waals surface area contributed by atoms with E-state index in [9.17, 15) is 10.1 Å². The van der Waals surface area contributed by atoms with Crippen LogP contribution in [0.2, 0.25) is 0 Å². The van der Waals surface area contributed by atoms with Crippen LogP contribution < -0.4 is 4.90 Å². The zero-order valence-electron chi connectivity index (χ0n) is 20.4. The molecule has 2 aliphatic heterocycles. The number of nitriles is 1. The number of pyridine rings is 1. The SMILES string of the molecule is C.CC(=O)N1CCN(c2c(CCN3CCN(C)CC3)c(C)c(C#N)c3nc4ccccc4n23)CC1. The molecule has 8 heteroatoms. The van der Waals surface area contributed by atoms with E-state index in [1.807, 2.05) is 23.1 Å². The summed E-state index contributed by atoms with van der Waals surface area (Å²) in [6, 6.07) is 10.6. The molecule has 0 bridgehead atoms. The molecule has 2 aromatic heterocycles. The van der Waals surface area contributed by atoms with Crippen LogP contribution in [-0.2, 0) is 11.2 Å². The van der Waals surface area contributed by atoms with Gasteiger partial charge in [-0.1, -0.05) is 19.6 Å². The zero-order valence-corrected chi connectivity index (χ0v) is 20.4. The number of hydrogen-bond acceptors (Lipinski definition) is 6. The molecule has 2 aliphatic rings. The third-order valence-electron chi connectivity index (χ3n) is 7.50. The number of aromatic nitrogens is 2. The number of nitrogens with zero attached hydrogens (tertiary/aromatic N) is 7. The van der Waals surface area contributed by atoms with E-state index in [-0.39, 0.29) is 13.3 Å². The standard InChI is InChI=1S/C26H33N7O.CH4/c1-19-21(8-9-30-12-10-29(3)11-13-30)26(32-16-14-31(15-17-32)20(2)34)33-24-7-5-4-6-23(24)28-25(33)22(19)18-27;/h4-7H,8-17H2,1-3H3;1H4. The Morgan fingerprint density at radius 1 is 1.06 bits per heavy atom. The predicted molar refractivity (Wildman–Crippen MR) is 141 cm³/mol. The van der Waals surface area contributed by atoms with Crippen molar-refractivity contribution in [3.05, 3.63) is 41.0 Å². The number of imidazole rings is 1. The first-order valence-corrected chi connectivity index (χ1v) is 12.2. The Kier molecular flexibility index (Phi) is 7.29. The fourth-order valence-electron chi connectivity index (χ4n) is 5.37. The number of carbonyl (C=O) groups excluding carboxylic acids is 1. The predicted octanol–water partition coefficient (Wildman–Crippen LogP) is 2.76. The minimum Gasteiger partial charge on any atom is -0.354 e. The highest BCUT2D eigenvalue weighted by atomic mass is 16.2. The second-order valence-corrected chi connectivity index (χ2v) is 9.56. The van der Waals surface area contributed by atoms with Gasteiger partial charge in [-0.05, 0) is 43.7 Å². The van der Waals surface area contributed by atoms with Crippen molar-refractivity contribution >= 4 is 28.4 Å². The third-order valence-corrected chi connectivity index (χ3v) is 7.50. The zero-order chi connectivity index (χ0) is 23.8. The maximum atomic E-state index is 11.9. The van der Waals surface area contributed by atoms with E-state index in [1.54, 1.807) is 6.92 Å². The van der Waals surface area contributed by atoms with Gasteiger partial charge in [0, 0.05) is 65.8 Å². The average Bonchev–Trinajstić information content (AvgIpc) is 3.22. The topological polar surface area (TPSA) is 71.1 Å². The van der Waals surface area contributed by atoms with Crippen molar-refractivity contribution in [1.29, 1.82) is 5.26 Å². The molecule has 0 spiro atoms. The van der Waals surface area contributed by atoms with Crippen LogP contribution >= 0.6 is 0 Å². The molecular formula is C27H37N7O. The van der Waals surface area contributed by atoms with Crippen molar-refractivity contribution in [2.75, 3.05) is 70.9 Å². The molecule has 35 heavy (non-hydrogen) atoms. The van der Waals surface area contributed by atoms with Gasteiger partial charge in [-0.25, -0.2) is 4.98 Å². The van der Waals surface area contributed by atoms with Crippen molar-refractivity contribution in [2.45, 2.75) is 27.7 Å². The number of hydrogen-bond donors (Lipinski definition) is 0. The summed E-state index contributed by atoms with van der Waals surface area (Å²) < 4.78 is 2.20. The van der Waals surface area contributed by atoms with Crippen LogP contribution in [0, 0.1) is 18.3 Å². The van der Waals surface area contributed by atoms with Gasteiger partial charge in [-0.2, -0.15) is 5.26 Å². The Morgan fingerprint density at radius 2 is 1.74 bits per heavy atom. The molecule has 2 fully saturated rings. The molecule has 0 N–H and O–H groups in total. The lowest BCUT2D eigenvalue weighted by Crippen LogP contribution is -2.49. The summed E-state index contributed by atoms with van der Waals surface area (Å²) in [4.78, 5) is 26.0. The van der Waals surface area contributed by atoms with Crippen LogP contribution in [0.15, 0.2) is 24.3 Å². The Labute approximate surface area is 208 Å². The number of benzene rings is 1. The van der Waals surface area contributed by atoms with E-state index in [2.05, 4.69) is 45.2 Å². The summed E-state index contributed by atoms with van der Waals surface area (Å²) in [5, 5.41) is 10.1. The molecule has 0 atom stereocenters. The first-order chi connectivity index (χ1) is 16.5. The van der Waals surface area contributed by atoms with Crippen LogP contribution in [-0.4, -0.2) is 95.9 Å². The number of amides is 1. The van der Waals surface area contributed by atoms with Gasteiger partial charge in [0.25, 0.3) is 0 Å². The van der Waals surface area contributed by atoms with Crippen molar-refractivity contribution in [3.63, 3.8) is 0 Å². The molecule has 186 valence electrons. The van der Waals surface area contributed by atoms with E-state index in [0.717, 1.165) is 80.3 Å². The molecule has 0 saturated carbocycles. The molecular weight excluding hydrogens is 438 g/mol. The third kappa shape index (κ3) is 4.58. The first kappa shape index (κ1) is 25.0. The first-order valence-electron chi connectivity index (χ1n) is 12.2. The van der Waals surface area contributed by atoms with Gasteiger partial charge < -0.3 is 19.6 Å². The Morgan fingerprint density at radius 3 is 2.40 bits per heavy atom. The normalized spacial score (nSPS) is 17.5.